The van der Waals surface area contributed by atoms with E-state index in [0.717, 1.165) is 0 Å². The van der Waals surface area contributed by atoms with Crippen LogP contribution in [-0.2, 0) is 19.0 Å². The molecular formula is C12H23NO5. The van der Waals surface area contributed by atoms with E-state index in [1.54, 1.807) is 20.8 Å². The van der Waals surface area contributed by atoms with Crippen LogP contribution in [0.3, 0.4) is 0 Å². The van der Waals surface area contributed by atoms with Gasteiger partial charge in [0.2, 0.25) is 0 Å². The first-order valence-corrected chi connectivity index (χ1v) is 5.89. The summed E-state index contributed by atoms with van der Waals surface area (Å²) in [7, 11) is 1.46. The second-order valence-corrected chi connectivity index (χ2v) is 4.83. The monoisotopic (exact) mass is 261 g/mol. The second-order valence-electron chi connectivity index (χ2n) is 4.83. The van der Waals surface area contributed by atoms with Crippen molar-refractivity contribution in [1.82, 2.24) is 5.32 Å². The molecule has 2 unspecified atom stereocenters. The number of aldehydes is 1. The minimum absolute atomic E-state index is 0.00406. The fraction of sp³-hybridized carbons (Fsp3) is 0.833. The van der Waals surface area contributed by atoms with Gasteiger partial charge in [-0.3, -0.25) is 0 Å². The minimum atomic E-state index is -0.748. The first-order chi connectivity index (χ1) is 8.34. The summed E-state index contributed by atoms with van der Waals surface area (Å²) >= 11 is 0. The maximum absolute atomic E-state index is 11.6. The van der Waals surface area contributed by atoms with E-state index in [2.05, 4.69) is 5.32 Å². The van der Waals surface area contributed by atoms with Crippen LogP contribution < -0.4 is 5.32 Å². The summed E-state index contributed by atoms with van der Waals surface area (Å²) in [5.74, 6) is 0. The van der Waals surface area contributed by atoms with E-state index in [1.807, 2.05) is 6.92 Å². The zero-order chi connectivity index (χ0) is 14.2. The molecule has 6 nitrogen and oxygen atoms in total. The lowest BCUT2D eigenvalue weighted by molar-refractivity contribution is -0.130. The molecule has 106 valence electrons. The average Bonchev–Trinajstić information content (AvgIpc) is 2.25. The van der Waals surface area contributed by atoms with E-state index >= 15 is 0 Å². The lowest BCUT2D eigenvalue weighted by atomic mass is 10.1. The molecule has 0 aromatic heterocycles. The number of hydrogen-bond acceptors (Lipinski definition) is 5. The molecule has 0 radical (unpaired) electrons. The molecule has 0 aliphatic heterocycles. The highest BCUT2D eigenvalue weighted by atomic mass is 16.7. The van der Waals surface area contributed by atoms with E-state index < -0.39 is 23.8 Å². The fourth-order valence-electron chi connectivity index (χ4n) is 1.27. The van der Waals surface area contributed by atoms with Crippen LogP contribution >= 0.6 is 0 Å². The summed E-state index contributed by atoms with van der Waals surface area (Å²) in [6.07, 6.45) is -0.124. The Hall–Kier alpha value is -1.14. The Balaban J connectivity index is 4.38. The summed E-state index contributed by atoms with van der Waals surface area (Å²) in [4.78, 5) is 22.5. The number of carbonyl (C=O) groups is 2. The highest BCUT2D eigenvalue weighted by molar-refractivity contribution is 5.69. The van der Waals surface area contributed by atoms with Gasteiger partial charge in [0.1, 0.15) is 18.5 Å². The molecule has 0 rings (SSSR count). The molecule has 0 aliphatic carbocycles. The molecule has 0 saturated carbocycles. The fourth-order valence-corrected chi connectivity index (χ4v) is 1.27. The van der Waals surface area contributed by atoms with Crippen molar-refractivity contribution in [3.63, 3.8) is 0 Å². The number of carbonyl (C=O) groups excluding carboxylic acids is 2. The SMILES string of the molecule is CCC(NC(=O)OC(C)(C)C)C(C=O)OCOC. The van der Waals surface area contributed by atoms with Gasteiger partial charge in [0.25, 0.3) is 0 Å². The predicted molar refractivity (Wildman–Crippen MR) is 66.3 cm³/mol. The minimum Gasteiger partial charge on any atom is -0.444 e. The molecule has 0 fully saturated rings. The number of hydrogen-bond donors (Lipinski definition) is 1. The van der Waals surface area contributed by atoms with E-state index in [-0.39, 0.29) is 6.79 Å². The van der Waals surface area contributed by atoms with E-state index in [0.29, 0.717) is 12.7 Å². The summed E-state index contributed by atoms with van der Waals surface area (Å²) in [6, 6.07) is -0.438. The van der Waals surface area contributed by atoms with Gasteiger partial charge in [-0.15, -0.1) is 0 Å². The lowest BCUT2D eigenvalue weighted by Crippen LogP contribution is -2.47. The third-order valence-corrected chi connectivity index (χ3v) is 2.05. The molecule has 0 saturated heterocycles. The van der Waals surface area contributed by atoms with Gasteiger partial charge in [-0.05, 0) is 27.2 Å². The molecule has 0 bridgehead atoms. The van der Waals surface area contributed by atoms with Crippen molar-refractivity contribution < 1.29 is 23.8 Å². The summed E-state index contributed by atoms with van der Waals surface area (Å²) in [6.45, 7) is 7.15. The van der Waals surface area contributed by atoms with Gasteiger partial charge in [0.15, 0.2) is 6.29 Å². The van der Waals surface area contributed by atoms with E-state index in [9.17, 15) is 9.59 Å². The maximum Gasteiger partial charge on any atom is 0.407 e. The van der Waals surface area contributed by atoms with E-state index in [4.69, 9.17) is 14.2 Å². The second kappa shape index (κ2) is 8.05. The average molecular weight is 261 g/mol. The zero-order valence-corrected chi connectivity index (χ0v) is 11.7. The first kappa shape index (κ1) is 16.9. The van der Waals surface area contributed by atoms with Crippen LogP contribution in [0.25, 0.3) is 0 Å². The maximum atomic E-state index is 11.6. The molecule has 0 aliphatic rings. The van der Waals surface area contributed by atoms with Gasteiger partial charge in [-0.2, -0.15) is 0 Å². The molecule has 18 heavy (non-hydrogen) atoms. The molecule has 0 spiro atoms. The smallest absolute Gasteiger partial charge is 0.407 e. The first-order valence-electron chi connectivity index (χ1n) is 5.89. The number of nitrogens with one attached hydrogen (secondary N) is 1. The van der Waals surface area contributed by atoms with Crippen LogP contribution in [0.1, 0.15) is 34.1 Å². The van der Waals surface area contributed by atoms with Crippen LogP contribution in [0, 0.1) is 0 Å². The van der Waals surface area contributed by atoms with Crippen molar-refractivity contribution in [3.05, 3.63) is 0 Å². The molecule has 0 heterocycles. The largest absolute Gasteiger partial charge is 0.444 e. The predicted octanol–water partition coefficient (Wildman–Crippen LogP) is 1.48. The van der Waals surface area contributed by atoms with Gasteiger partial charge in [0, 0.05) is 7.11 Å². The van der Waals surface area contributed by atoms with Gasteiger partial charge in [-0.1, -0.05) is 6.92 Å². The molecule has 2 atom stereocenters. The van der Waals surface area contributed by atoms with Crippen LogP contribution in [0.4, 0.5) is 4.79 Å². The Bertz CT molecular complexity index is 262. The van der Waals surface area contributed by atoms with Gasteiger partial charge < -0.3 is 24.3 Å². The zero-order valence-electron chi connectivity index (χ0n) is 11.7. The standard InChI is InChI=1S/C12H23NO5/c1-6-9(10(7-14)17-8-16-5)13-11(15)18-12(2,3)4/h7,9-10H,6,8H2,1-5H3,(H,13,15). The Morgan fingerprint density at radius 1 is 1.39 bits per heavy atom. The van der Waals surface area contributed by atoms with E-state index in [1.165, 1.54) is 7.11 Å². The Labute approximate surface area is 108 Å². The van der Waals surface area contributed by atoms with Crippen molar-refractivity contribution in [2.75, 3.05) is 13.9 Å². The molecule has 0 aromatic carbocycles. The van der Waals surface area contributed by atoms with Crippen molar-refractivity contribution in [2.24, 2.45) is 0 Å². The number of rotatable bonds is 7. The molecule has 1 N–H and O–H groups in total. The van der Waals surface area contributed by atoms with Crippen LogP contribution in [0.5, 0.6) is 0 Å². The lowest BCUT2D eigenvalue weighted by Gasteiger charge is -2.25. The van der Waals surface area contributed by atoms with Gasteiger partial charge in [0.05, 0.1) is 6.04 Å². The Kier molecular flexibility index (Phi) is 7.54. The van der Waals surface area contributed by atoms with Crippen LogP contribution in [-0.4, -0.2) is 44.0 Å². The molecule has 1 amide bonds. The molecule has 6 heteroatoms. The van der Waals surface area contributed by atoms with Gasteiger partial charge in [-0.25, -0.2) is 4.79 Å². The van der Waals surface area contributed by atoms with Crippen molar-refractivity contribution in [1.29, 1.82) is 0 Å². The highest BCUT2D eigenvalue weighted by Crippen LogP contribution is 2.08. The van der Waals surface area contributed by atoms with Crippen LogP contribution in [0.15, 0.2) is 0 Å². The Morgan fingerprint density at radius 2 is 2.00 bits per heavy atom. The van der Waals surface area contributed by atoms with Crippen LogP contribution in [0.2, 0.25) is 0 Å². The molecule has 0 aromatic rings. The number of amides is 1. The van der Waals surface area contributed by atoms with Crippen molar-refractivity contribution in [3.8, 4) is 0 Å². The van der Waals surface area contributed by atoms with Crippen molar-refractivity contribution in [2.45, 2.75) is 51.9 Å². The topological polar surface area (TPSA) is 73.9 Å². The quantitative estimate of drug-likeness (QED) is 0.555. The highest BCUT2D eigenvalue weighted by Gasteiger charge is 2.24. The third kappa shape index (κ3) is 7.24. The number of methoxy groups -OCH3 is 1. The number of ether oxygens (including phenoxy) is 3. The Morgan fingerprint density at radius 3 is 2.39 bits per heavy atom. The van der Waals surface area contributed by atoms with Gasteiger partial charge >= 0.3 is 6.09 Å². The third-order valence-electron chi connectivity index (χ3n) is 2.05. The summed E-state index contributed by atoms with van der Waals surface area (Å²) in [5, 5.41) is 2.61. The number of alkyl carbamates (subject to hydrolysis) is 1. The summed E-state index contributed by atoms with van der Waals surface area (Å²) in [5.41, 5.74) is -0.577. The van der Waals surface area contributed by atoms with Crippen molar-refractivity contribution >= 4 is 12.4 Å². The normalized spacial score (nSPS) is 14.7. The molecular weight excluding hydrogens is 238 g/mol. The summed E-state index contributed by atoms with van der Waals surface area (Å²) < 4.78 is 15.0.